The zero-order chi connectivity index (χ0) is 12.6. The Balaban J connectivity index is 2.25. The highest BCUT2D eigenvalue weighted by molar-refractivity contribution is 8.00. The minimum absolute atomic E-state index is 0.0895. The molecule has 1 aliphatic rings. The molecule has 0 spiro atoms. The Hall–Kier alpha value is -1.00. The van der Waals surface area contributed by atoms with Gasteiger partial charge in [-0.2, -0.15) is 0 Å². The Morgan fingerprint density at radius 2 is 2.18 bits per heavy atom. The van der Waals surface area contributed by atoms with Crippen LogP contribution in [0.5, 0.6) is 0 Å². The summed E-state index contributed by atoms with van der Waals surface area (Å²) in [6, 6.07) is 6.00. The van der Waals surface area contributed by atoms with Gasteiger partial charge in [0.15, 0.2) is 0 Å². The van der Waals surface area contributed by atoms with E-state index in [1.807, 2.05) is 12.1 Å². The van der Waals surface area contributed by atoms with Crippen LogP contribution in [-0.2, 0) is 11.2 Å². The minimum Gasteiger partial charge on any atom is -0.380 e. The predicted molar refractivity (Wildman–Crippen MR) is 70.3 cm³/mol. The van der Waals surface area contributed by atoms with E-state index in [4.69, 9.17) is 0 Å². The molecule has 1 aromatic carbocycles. The Morgan fingerprint density at radius 3 is 2.76 bits per heavy atom. The topological polar surface area (TPSA) is 40.5 Å². The first-order chi connectivity index (χ1) is 7.87. The second kappa shape index (κ2) is 4.35. The highest BCUT2D eigenvalue weighted by atomic mass is 32.2. The van der Waals surface area contributed by atoms with E-state index >= 15 is 0 Å². The first kappa shape index (κ1) is 12.5. The van der Waals surface area contributed by atoms with Crippen LogP contribution in [0.15, 0.2) is 23.1 Å². The maximum Gasteiger partial charge on any atom is 0.223 e. The van der Waals surface area contributed by atoms with Gasteiger partial charge in [0.2, 0.25) is 5.91 Å². The van der Waals surface area contributed by atoms with Gasteiger partial charge in [-0.3, -0.25) is 4.79 Å². The first-order valence-electron chi connectivity index (χ1n) is 5.69. The van der Waals surface area contributed by atoms with Crippen molar-refractivity contribution in [3.8, 4) is 0 Å². The number of amides is 1. The molecular formula is C13H17NO2S. The molecule has 1 aromatic rings. The van der Waals surface area contributed by atoms with Crippen LogP contribution in [-0.4, -0.2) is 22.5 Å². The van der Waals surface area contributed by atoms with E-state index in [2.05, 4.69) is 6.07 Å². The zero-order valence-electron chi connectivity index (χ0n) is 10.4. The lowest BCUT2D eigenvalue weighted by molar-refractivity contribution is -0.116. The van der Waals surface area contributed by atoms with Crippen molar-refractivity contribution < 1.29 is 9.90 Å². The average molecular weight is 251 g/mol. The van der Waals surface area contributed by atoms with E-state index in [1.54, 1.807) is 25.7 Å². The van der Waals surface area contributed by atoms with Crippen molar-refractivity contribution in [2.45, 2.75) is 37.0 Å². The van der Waals surface area contributed by atoms with E-state index in [0.717, 1.165) is 23.5 Å². The molecule has 1 aliphatic heterocycles. The van der Waals surface area contributed by atoms with Gasteiger partial charge in [-0.1, -0.05) is 11.8 Å². The SMILES string of the molecule is CC(=O)N1CCc2cc(SC(C)(C)O)ccc21. The standard InChI is InChI=1S/C13H17NO2S/c1-9(15)14-7-6-10-8-11(4-5-12(10)14)17-13(2,3)16/h4-5,8,16H,6-7H2,1-3H3. The number of benzene rings is 1. The van der Waals surface area contributed by atoms with E-state index in [9.17, 15) is 9.90 Å². The number of thioether (sulfide) groups is 1. The van der Waals surface area contributed by atoms with Crippen molar-refractivity contribution in [3.63, 3.8) is 0 Å². The van der Waals surface area contributed by atoms with Gasteiger partial charge < -0.3 is 10.0 Å². The summed E-state index contributed by atoms with van der Waals surface area (Å²) >= 11 is 1.43. The quantitative estimate of drug-likeness (QED) is 0.648. The van der Waals surface area contributed by atoms with Gasteiger partial charge in [0.25, 0.3) is 0 Å². The number of aliphatic hydroxyl groups is 1. The molecule has 4 heteroatoms. The van der Waals surface area contributed by atoms with Crippen LogP contribution < -0.4 is 4.90 Å². The zero-order valence-corrected chi connectivity index (χ0v) is 11.2. The number of fused-ring (bicyclic) bond motifs is 1. The molecule has 0 unspecified atom stereocenters. The van der Waals surface area contributed by atoms with Crippen LogP contribution in [0.4, 0.5) is 5.69 Å². The van der Waals surface area contributed by atoms with Gasteiger partial charge >= 0.3 is 0 Å². The fourth-order valence-electron chi connectivity index (χ4n) is 2.06. The molecule has 0 saturated heterocycles. The van der Waals surface area contributed by atoms with Crippen molar-refractivity contribution in [1.29, 1.82) is 0 Å². The van der Waals surface area contributed by atoms with Gasteiger partial charge in [0, 0.05) is 24.1 Å². The van der Waals surface area contributed by atoms with Crippen LogP contribution in [0.25, 0.3) is 0 Å². The molecule has 2 rings (SSSR count). The molecule has 92 valence electrons. The molecular weight excluding hydrogens is 234 g/mol. The summed E-state index contributed by atoms with van der Waals surface area (Å²) in [4.78, 5) is 13.5. The molecule has 0 fully saturated rings. The van der Waals surface area contributed by atoms with E-state index in [-0.39, 0.29) is 5.91 Å². The third kappa shape index (κ3) is 2.82. The summed E-state index contributed by atoms with van der Waals surface area (Å²) in [5.74, 6) is 0.0895. The summed E-state index contributed by atoms with van der Waals surface area (Å²) in [6.07, 6.45) is 0.898. The Labute approximate surface area is 106 Å². The van der Waals surface area contributed by atoms with Gasteiger partial charge in [0.1, 0.15) is 4.93 Å². The normalized spacial score (nSPS) is 14.9. The molecule has 0 bridgehead atoms. The van der Waals surface area contributed by atoms with Crippen LogP contribution in [0.3, 0.4) is 0 Å². The van der Waals surface area contributed by atoms with Crippen molar-refractivity contribution in [3.05, 3.63) is 23.8 Å². The fraction of sp³-hybridized carbons (Fsp3) is 0.462. The van der Waals surface area contributed by atoms with Crippen LogP contribution >= 0.6 is 11.8 Å². The number of nitrogens with zero attached hydrogens (tertiary/aromatic N) is 1. The molecule has 0 radical (unpaired) electrons. The number of anilines is 1. The van der Waals surface area contributed by atoms with Gasteiger partial charge in [0.05, 0.1) is 0 Å². The molecule has 0 aromatic heterocycles. The summed E-state index contributed by atoms with van der Waals surface area (Å²) in [5.41, 5.74) is 2.20. The lowest BCUT2D eigenvalue weighted by Gasteiger charge is -2.18. The molecule has 0 saturated carbocycles. The Kier molecular flexibility index (Phi) is 3.19. The molecule has 1 N–H and O–H groups in total. The average Bonchev–Trinajstić information content (AvgIpc) is 2.57. The van der Waals surface area contributed by atoms with Gasteiger partial charge in [-0.25, -0.2) is 0 Å². The van der Waals surface area contributed by atoms with E-state index in [0.29, 0.717) is 0 Å². The van der Waals surface area contributed by atoms with Crippen molar-refractivity contribution in [2.75, 3.05) is 11.4 Å². The van der Waals surface area contributed by atoms with Crippen molar-refractivity contribution >= 4 is 23.4 Å². The molecule has 17 heavy (non-hydrogen) atoms. The smallest absolute Gasteiger partial charge is 0.223 e. The number of carbonyl (C=O) groups excluding carboxylic acids is 1. The molecule has 1 amide bonds. The maximum absolute atomic E-state index is 11.4. The highest BCUT2D eigenvalue weighted by Gasteiger charge is 2.23. The second-order valence-corrected chi connectivity index (χ2v) is 6.43. The van der Waals surface area contributed by atoms with Crippen LogP contribution in [0.1, 0.15) is 26.3 Å². The molecule has 0 aliphatic carbocycles. The van der Waals surface area contributed by atoms with Crippen molar-refractivity contribution in [2.24, 2.45) is 0 Å². The summed E-state index contributed by atoms with van der Waals surface area (Å²) < 4.78 is 0. The number of hydrogen-bond donors (Lipinski definition) is 1. The Bertz CT molecular complexity index is 451. The summed E-state index contributed by atoms with van der Waals surface area (Å²) in [7, 11) is 0. The van der Waals surface area contributed by atoms with E-state index in [1.165, 1.54) is 17.3 Å². The van der Waals surface area contributed by atoms with Gasteiger partial charge in [-0.05, 0) is 44.0 Å². The largest absolute Gasteiger partial charge is 0.380 e. The summed E-state index contributed by atoms with van der Waals surface area (Å²) in [6.45, 7) is 5.90. The second-order valence-electron chi connectivity index (χ2n) is 4.76. The van der Waals surface area contributed by atoms with E-state index < -0.39 is 4.93 Å². The third-order valence-corrected chi connectivity index (χ3v) is 3.68. The predicted octanol–water partition coefficient (Wildman–Crippen LogP) is 2.42. The number of hydrogen-bond acceptors (Lipinski definition) is 3. The lowest BCUT2D eigenvalue weighted by atomic mass is 10.2. The number of rotatable bonds is 2. The fourth-order valence-corrected chi connectivity index (χ4v) is 2.97. The monoisotopic (exact) mass is 251 g/mol. The maximum atomic E-state index is 11.4. The number of carbonyl (C=O) groups is 1. The Morgan fingerprint density at radius 1 is 1.47 bits per heavy atom. The minimum atomic E-state index is -0.771. The molecule has 1 heterocycles. The lowest BCUT2D eigenvalue weighted by Crippen LogP contribution is -2.25. The third-order valence-electron chi connectivity index (χ3n) is 2.69. The highest BCUT2D eigenvalue weighted by Crippen LogP contribution is 2.35. The first-order valence-corrected chi connectivity index (χ1v) is 6.51. The molecule has 0 atom stereocenters. The van der Waals surface area contributed by atoms with Gasteiger partial charge in [-0.15, -0.1) is 0 Å². The summed E-state index contributed by atoms with van der Waals surface area (Å²) in [5, 5.41) is 9.76. The molecule has 3 nitrogen and oxygen atoms in total. The van der Waals surface area contributed by atoms with Crippen LogP contribution in [0.2, 0.25) is 0 Å². The van der Waals surface area contributed by atoms with Crippen LogP contribution in [0, 0.1) is 0 Å². The van der Waals surface area contributed by atoms with Crippen molar-refractivity contribution in [1.82, 2.24) is 0 Å².